The van der Waals surface area contributed by atoms with Crippen LogP contribution in [0.15, 0.2) is 0 Å². The molecule has 0 aromatic carbocycles. The van der Waals surface area contributed by atoms with Crippen LogP contribution in [-0.4, -0.2) is 48.1 Å². The van der Waals surface area contributed by atoms with Gasteiger partial charge in [0.15, 0.2) is 0 Å². The molecule has 5 nitrogen and oxygen atoms in total. The molecule has 0 bridgehead atoms. The van der Waals surface area contributed by atoms with Gasteiger partial charge in [-0.05, 0) is 24.8 Å². The van der Waals surface area contributed by atoms with Crippen LogP contribution < -0.4 is 5.32 Å². The monoisotopic (exact) mass is 264 g/mol. The maximum atomic E-state index is 11.4. The number of likely N-dealkylation sites (tertiary alicyclic amines) is 1. The maximum Gasteiger partial charge on any atom is 0.322 e. The topological polar surface area (TPSA) is 69.6 Å². The first-order valence-electron chi connectivity index (χ1n) is 5.66. The van der Waals surface area contributed by atoms with Gasteiger partial charge in [-0.15, -0.1) is 12.4 Å². The lowest BCUT2D eigenvalue weighted by molar-refractivity contribution is -0.138. The van der Waals surface area contributed by atoms with E-state index in [2.05, 4.69) is 24.1 Å². The van der Waals surface area contributed by atoms with E-state index in [1.165, 1.54) is 0 Å². The van der Waals surface area contributed by atoms with Crippen LogP contribution in [0.4, 0.5) is 0 Å². The van der Waals surface area contributed by atoms with E-state index in [0.29, 0.717) is 12.0 Å². The molecule has 1 atom stereocenters. The first-order chi connectivity index (χ1) is 7.45. The van der Waals surface area contributed by atoms with Crippen LogP contribution >= 0.6 is 12.4 Å². The van der Waals surface area contributed by atoms with Crippen LogP contribution in [0.3, 0.4) is 0 Å². The van der Waals surface area contributed by atoms with E-state index in [9.17, 15) is 9.59 Å². The highest BCUT2D eigenvalue weighted by atomic mass is 35.5. The van der Waals surface area contributed by atoms with Crippen LogP contribution in [-0.2, 0) is 9.59 Å². The quantitative estimate of drug-likeness (QED) is 0.768. The zero-order valence-corrected chi connectivity index (χ0v) is 11.2. The number of hydrogen-bond acceptors (Lipinski definition) is 3. The van der Waals surface area contributed by atoms with Crippen LogP contribution in [0.1, 0.15) is 26.7 Å². The molecule has 1 amide bonds. The largest absolute Gasteiger partial charge is 0.480 e. The van der Waals surface area contributed by atoms with Crippen molar-refractivity contribution in [1.29, 1.82) is 0 Å². The number of nitrogens with one attached hydrogen (secondary N) is 1. The fourth-order valence-corrected chi connectivity index (χ4v) is 1.98. The van der Waals surface area contributed by atoms with Crippen molar-refractivity contribution in [2.45, 2.75) is 26.7 Å². The van der Waals surface area contributed by atoms with E-state index in [4.69, 9.17) is 5.11 Å². The summed E-state index contributed by atoms with van der Waals surface area (Å²) in [6, 6.07) is 0. The third kappa shape index (κ3) is 5.37. The lowest BCUT2D eigenvalue weighted by atomic mass is 9.87. The molecular formula is C11H21ClN2O3. The lowest BCUT2D eigenvalue weighted by Crippen LogP contribution is -2.39. The zero-order chi connectivity index (χ0) is 12.2. The number of aliphatic carboxylic acids is 1. The minimum Gasteiger partial charge on any atom is -0.480 e. The summed E-state index contributed by atoms with van der Waals surface area (Å²) in [5.74, 6) is -1.21. The van der Waals surface area contributed by atoms with Gasteiger partial charge in [-0.3, -0.25) is 14.5 Å². The second kappa shape index (κ2) is 6.81. The molecule has 17 heavy (non-hydrogen) atoms. The minimum absolute atomic E-state index is 0. The predicted octanol–water partition coefficient (Wildman–Crippen LogP) is 0.731. The fraction of sp³-hybridized carbons (Fsp3) is 0.818. The van der Waals surface area contributed by atoms with Gasteiger partial charge < -0.3 is 10.4 Å². The van der Waals surface area contributed by atoms with Gasteiger partial charge in [0, 0.05) is 6.54 Å². The Morgan fingerprint density at radius 3 is 2.59 bits per heavy atom. The van der Waals surface area contributed by atoms with Crippen molar-refractivity contribution in [3.05, 3.63) is 0 Å². The van der Waals surface area contributed by atoms with Gasteiger partial charge in [0.2, 0.25) is 5.91 Å². The van der Waals surface area contributed by atoms with Crippen LogP contribution in [0, 0.1) is 5.41 Å². The van der Waals surface area contributed by atoms with Crippen molar-refractivity contribution in [2.75, 3.05) is 26.2 Å². The molecule has 0 aliphatic carbocycles. The second-order valence-corrected chi connectivity index (χ2v) is 4.80. The molecule has 1 aliphatic heterocycles. The minimum atomic E-state index is -1.01. The molecule has 1 rings (SSSR count). The summed E-state index contributed by atoms with van der Waals surface area (Å²) < 4.78 is 0. The van der Waals surface area contributed by atoms with Crippen molar-refractivity contribution >= 4 is 24.3 Å². The third-order valence-corrected chi connectivity index (χ3v) is 3.29. The predicted molar refractivity (Wildman–Crippen MR) is 67.3 cm³/mol. The number of carboxylic acids is 1. The molecule has 1 heterocycles. The second-order valence-electron chi connectivity index (χ2n) is 4.80. The smallest absolute Gasteiger partial charge is 0.322 e. The summed E-state index contributed by atoms with van der Waals surface area (Å²) in [5.41, 5.74) is 0.313. The molecule has 0 spiro atoms. The van der Waals surface area contributed by atoms with E-state index in [1.54, 1.807) is 0 Å². The maximum absolute atomic E-state index is 11.4. The summed E-state index contributed by atoms with van der Waals surface area (Å²) in [6.07, 6.45) is 2.22. The van der Waals surface area contributed by atoms with Crippen molar-refractivity contribution in [2.24, 2.45) is 5.41 Å². The molecule has 6 heteroatoms. The number of hydrogen-bond donors (Lipinski definition) is 2. The Balaban J connectivity index is 0.00000256. The van der Waals surface area contributed by atoms with E-state index in [0.717, 1.165) is 25.9 Å². The molecular weight excluding hydrogens is 244 g/mol. The molecule has 0 aromatic heterocycles. The summed E-state index contributed by atoms with van der Waals surface area (Å²) in [4.78, 5) is 23.7. The fourth-order valence-electron chi connectivity index (χ4n) is 1.98. The zero-order valence-electron chi connectivity index (χ0n) is 10.4. The standard InChI is InChI=1S/C11H20N2O3.ClH/c1-3-11(2)4-5-13(8-11)7-9(14)12-6-10(15)16;/h3-8H2,1-2H3,(H,12,14)(H,15,16);1H. The highest BCUT2D eigenvalue weighted by Crippen LogP contribution is 2.32. The summed E-state index contributed by atoms with van der Waals surface area (Å²) in [6.45, 7) is 6.24. The molecule has 0 radical (unpaired) electrons. The number of nitrogens with zero attached hydrogens (tertiary/aromatic N) is 1. The molecule has 0 saturated carbocycles. The Morgan fingerprint density at radius 2 is 2.12 bits per heavy atom. The van der Waals surface area contributed by atoms with E-state index < -0.39 is 5.97 Å². The number of carbonyl (C=O) groups excluding carboxylic acids is 1. The average Bonchev–Trinajstić information content (AvgIpc) is 2.58. The Labute approximate surface area is 108 Å². The summed E-state index contributed by atoms with van der Waals surface area (Å²) in [5, 5.41) is 10.8. The Morgan fingerprint density at radius 1 is 1.47 bits per heavy atom. The third-order valence-electron chi connectivity index (χ3n) is 3.29. The van der Waals surface area contributed by atoms with Gasteiger partial charge in [0.25, 0.3) is 0 Å². The number of rotatable bonds is 5. The van der Waals surface area contributed by atoms with Gasteiger partial charge in [-0.25, -0.2) is 0 Å². The molecule has 1 unspecified atom stereocenters. The number of amides is 1. The molecule has 1 saturated heterocycles. The van der Waals surface area contributed by atoms with Gasteiger partial charge in [-0.1, -0.05) is 13.8 Å². The number of carboxylic acid groups (broad SMARTS) is 1. The molecule has 0 aromatic rings. The summed E-state index contributed by atoms with van der Waals surface area (Å²) in [7, 11) is 0. The Hall–Kier alpha value is -0.810. The molecule has 100 valence electrons. The highest BCUT2D eigenvalue weighted by molar-refractivity contribution is 5.85. The molecule has 2 N–H and O–H groups in total. The summed E-state index contributed by atoms with van der Waals surface area (Å²) >= 11 is 0. The van der Waals surface area contributed by atoms with Crippen molar-refractivity contribution < 1.29 is 14.7 Å². The van der Waals surface area contributed by atoms with Crippen molar-refractivity contribution in [1.82, 2.24) is 10.2 Å². The first-order valence-corrected chi connectivity index (χ1v) is 5.66. The van der Waals surface area contributed by atoms with Gasteiger partial charge in [0.05, 0.1) is 6.54 Å². The SMILES string of the molecule is CCC1(C)CCN(CC(=O)NCC(=O)O)C1.Cl. The lowest BCUT2D eigenvalue weighted by Gasteiger charge is -2.22. The van der Waals surface area contributed by atoms with Crippen LogP contribution in [0.2, 0.25) is 0 Å². The van der Waals surface area contributed by atoms with E-state index in [1.807, 2.05) is 0 Å². The highest BCUT2D eigenvalue weighted by Gasteiger charge is 2.32. The molecule has 1 aliphatic rings. The van der Waals surface area contributed by atoms with Gasteiger partial charge in [0.1, 0.15) is 6.54 Å². The number of carbonyl (C=O) groups is 2. The normalized spacial score (nSPS) is 24.1. The van der Waals surface area contributed by atoms with Gasteiger partial charge >= 0.3 is 5.97 Å². The van der Waals surface area contributed by atoms with Gasteiger partial charge in [-0.2, -0.15) is 0 Å². The Bertz CT molecular complexity index is 286. The van der Waals surface area contributed by atoms with Crippen molar-refractivity contribution in [3.8, 4) is 0 Å². The molecule has 1 fully saturated rings. The van der Waals surface area contributed by atoms with E-state index in [-0.39, 0.29) is 24.9 Å². The van der Waals surface area contributed by atoms with Crippen LogP contribution in [0.25, 0.3) is 0 Å². The van der Waals surface area contributed by atoms with Crippen LogP contribution in [0.5, 0.6) is 0 Å². The Kier molecular flexibility index (Phi) is 6.49. The number of halogens is 1. The van der Waals surface area contributed by atoms with Crippen molar-refractivity contribution in [3.63, 3.8) is 0 Å². The van der Waals surface area contributed by atoms with E-state index >= 15 is 0 Å². The first kappa shape index (κ1) is 16.2. The average molecular weight is 265 g/mol.